The van der Waals surface area contributed by atoms with Crippen LogP contribution in [0.5, 0.6) is 0 Å². The lowest BCUT2D eigenvalue weighted by molar-refractivity contribution is -0.134. The van der Waals surface area contributed by atoms with Crippen LogP contribution in [0, 0.1) is 5.92 Å². The molecule has 3 N–H and O–H groups in total. The third-order valence-corrected chi connectivity index (χ3v) is 2.89. The third-order valence-electron chi connectivity index (χ3n) is 2.89. The van der Waals surface area contributed by atoms with E-state index in [-0.39, 0.29) is 17.7 Å². The van der Waals surface area contributed by atoms with Crippen LogP contribution in [0.2, 0.25) is 0 Å². The Morgan fingerprint density at radius 1 is 1.18 bits per heavy atom. The molecule has 17 heavy (non-hydrogen) atoms. The fourth-order valence-corrected chi connectivity index (χ4v) is 1.71. The molecule has 1 aliphatic heterocycles. The summed E-state index contributed by atoms with van der Waals surface area (Å²) in [5.41, 5.74) is 0. The van der Waals surface area contributed by atoms with E-state index in [0.29, 0.717) is 26.2 Å². The molecule has 1 atom stereocenters. The quantitative estimate of drug-likeness (QED) is 0.518. The lowest BCUT2D eigenvalue weighted by Gasteiger charge is -2.22. The molecule has 0 spiro atoms. The zero-order valence-corrected chi connectivity index (χ0v) is 9.83. The van der Waals surface area contributed by atoms with Gasteiger partial charge in [0.2, 0.25) is 5.91 Å². The average Bonchev–Trinajstić information content (AvgIpc) is 3.19. The number of carbonyl (C=O) groups is 2. The van der Waals surface area contributed by atoms with E-state index in [2.05, 4.69) is 16.0 Å². The molecule has 2 amide bonds. The van der Waals surface area contributed by atoms with Crippen molar-refractivity contribution in [3.8, 4) is 0 Å². The molecular formula is C11H19N3O3. The van der Waals surface area contributed by atoms with E-state index in [9.17, 15) is 9.59 Å². The summed E-state index contributed by atoms with van der Waals surface area (Å²) in [7, 11) is 0. The van der Waals surface area contributed by atoms with Crippen LogP contribution in [0.4, 0.5) is 0 Å². The van der Waals surface area contributed by atoms with Gasteiger partial charge < -0.3 is 20.7 Å². The fourth-order valence-electron chi connectivity index (χ4n) is 1.71. The van der Waals surface area contributed by atoms with E-state index in [1.165, 1.54) is 0 Å². The third kappa shape index (κ3) is 3.98. The maximum absolute atomic E-state index is 11.6. The van der Waals surface area contributed by atoms with Gasteiger partial charge in [-0.1, -0.05) is 0 Å². The van der Waals surface area contributed by atoms with Gasteiger partial charge in [-0.05, 0) is 12.8 Å². The number of hydrogen-bond acceptors (Lipinski definition) is 4. The highest BCUT2D eigenvalue weighted by Crippen LogP contribution is 2.28. The normalized spacial score (nSPS) is 24.1. The maximum atomic E-state index is 11.6. The van der Waals surface area contributed by atoms with E-state index >= 15 is 0 Å². The highest BCUT2D eigenvalue weighted by Gasteiger charge is 2.29. The van der Waals surface area contributed by atoms with E-state index in [1.807, 2.05) is 0 Å². The Kier molecular flexibility index (Phi) is 4.33. The van der Waals surface area contributed by atoms with Crippen molar-refractivity contribution in [2.45, 2.75) is 18.9 Å². The van der Waals surface area contributed by atoms with Crippen LogP contribution in [0.3, 0.4) is 0 Å². The predicted octanol–water partition coefficient (Wildman–Crippen LogP) is -1.38. The van der Waals surface area contributed by atoms with Crippen LogP contribution in [0.15, 0.2) is 0 Å². The molecular weight excluding hydrogens is 222 g/mol. The van der Waals surface area contributed by atoms with Crippen molar-refractivity contribution in [2.75, 3.05) is 32.8 Å². The summed E-state index contributed by atoms with van der Waals surface area (Å²) in [6.07, 6.45) is 1.60. The SMILES string of the molecule is O=C(NCCNC(=O)C1CNCCO1)C1CC1. The van der Waals surface area contributed by atoms with Crippen LogP contribution < -0.4 is 16.0 Å². The fraction of sp³-hybridized carbons (Fsp3) is 0.818. The van der Waals surface area contributed by atoms with Crippen molar-refractivity contribution >= 4 is 11.8 Å². The number of ether oxygens (including phenoxy) is 1. The molecule has 0 aromatic rings. The number of amides is 2. The lowest BCUT2D eigenvalue weighted by atomic mass is 10.3. The van der Waals surface area contributed by atoms with Crippen molar-refractivity contribution in [3.63, 3.8) is 0 Å². The van der Waals surface area contributed by atoms with Gasteiger partial charge in [0.15, 0.2) is 0 Å². The summed E-state index contributed by atoms with van der Waals surface area (Å²) in [6, 6.07) is 0. The molecule has 6 nitrogen and oxygen atoms in total. The molecule has 1 aliphatic carbocycles. The molecule has 0 aromatic carbocycles. The van der Waals surface area contributed by atoms with Gasteiger partial charge in [-0.15, -0.1) is 0 Å². The Hall–Kier alpha value is -1.14. The van der Waals surface area contributed by atoms with Gasteiger partial charge in [0, 0.05) is 32.1 Å². The second-order valence-corrected chi connectivity index (χ2v) is 4.42. The number of rotatable bonds is 5. The van der Waals surface area contributed by atoms with Crippen LogP contribution in [-0.2, 0) is 14.3 Å². The smallest absolute Gasteiger partial charge is 0.250 e. The van der Waals surface area contributed by atoms with Crippen LogP contribution in [-0.4, -0.2) is 50.7 Å². The molecule has 0 aromatic heterocycles. The average molecular weight is 241 g/mol. The van der Waals surface area contributed by atoms with Crippen molar-refractivity contribution in [1.82, 2.24) is 16.0 Å². The minimum atomic E-state index is -0.400. The summed E-state index contributed by atoms with van der Waals surface area (Å²) < 4.78 is 5.30. The van der Waals surface area contributed by atoms with Crippen molar-refractivity contribution in [2.24, 2.45) is 5.92 Å². The number of carbonyl (C=O) groups excluding carboxylic acids is 2. The van der Waals surface area contributed by atoms with Gasteiger partial charge in [0.25, 0.3) is 5.91 Å². The van der Waals surface area contributed by atoms with Gasteiger partial charge >= 0.3 is 0 Å². The summed E-state index contributed by atoms with van der Waals surface area (Å²) in [5, 5.41) is 8.63. The molecule has 1 saturated carbocycles. The number of nitrogens with one attached hydrogen (secondary N) is 3. The number of morpholine rings is 1. The molecule has 96 valence electrons. The molecule has 1 unspecified atom stereocenters. The minimum Gasteiger partial charge on any atom is -0.366 e. The molecule has 0 radical (unpaired) electrons. The molecule has 2 aliphatic rings. The van der Waals surface area contributed by atoms with E-state index in [1.54, 1.807) is 0 Å². The maximum Gasteiger partial charge on any atom is 0.250 e. The van der Waals surface area contributed by atoms with Gasteiger partial charge in [-0.25, -0.2) is 0 Å². The summed E-state index contributed by atoms with van der Waals surface area (Å²) in [6.45, 7) is 2.86. The summed E-state index contributed by atoms with van der Waals surface area (Å²) >= 11 is 0. The summed E-state index contributed by atoms with van der Waals surface area (Å²) in [4.78, 5) is 22.9. The van der Waals surface area contributed by atoms with Crippen LogP contribution in [0.25, 0.3) is 0 Å². The standard InChI is InChI=1S/C11H19N3O3/c15-10(8-1-2-8)13-3-4-14-11(16)9-7-12-5-6-17-9/h8-9,12H,1-7H2,(H,13,15)(H,14,16). The molecule has 0 bridgehead atoms. The summed E-state index contributed by atoms with van der Waals surface area (Å²) in [5.74, 6) is 0.212. The van der Waals surface area contributed by atoms with Crippen molar-refractivity contribution in [1.29, 1.82) is 0 Å². The molecule has 1 saturated heterocycles. The van der Waals surface area contributed by atoms with Gasteiger partial charge in [-0.2, -0.15) is 0 Å². The molecule has 2 fully saturated rings. The first-order chi connectivity index (χ1) is 8.27. The Morgan fingerprint density at radius 2 is 1.88 bits per heavy atom. The highest BCUT2D eigenvalue weighted by atomic mass is 16.5. The predicted molar refractivity (Wildman–Crippen MR) is 61.4 cm³/mol. The lowest BCUT2D eigenvalue weighted by Crippen LogP contribution is -2.49. The first-order valence-corrected chi connectivity index (χ1v) is 6.15. The van der Waals surface area contributed by atoms with E-state index < -0.39 is 6.10 Å². The Bertz CT molecular complexity index is 286. The number of hydrogen-bond donors (Lipinski definition) is 3. The second-order valence-electron chi connectivity index (χ2n) is 4.42. The topological polar surface area (TPSA) is 79.5 Å². The monoisotopic (exact) mass is 241 g/mol. The van der Waals surface area contributed by atoms with Gasteiger partial charge in [-0.3, -0.25) is 9.59 Å². The van der Waals surface area contributed by atoms with Crippen LogP contribution in [0.1, 0.15) is 12.8 Å². The Morgan fingerprint density at radius 3 is 2.47 bits per heavy atom. The van der Waals surface area contributed by atoms with Crippen molar-refractivity contribution < 1.29 is 14.3 Å². The first-order valence-electron chi connectivity index (χ1n) is 6.15. The highest BCUT2D eigenvalue weighted by molar-refractivity contribution is 5.82. The van der Waals surface area contributed by atoms with Crippen molar-refractivity contribution in [3.05, 3.63) is 0 Å². The minimum absolute atomic E-state index is 0.106. The van der Waals surface area contributed by atoms with Gasteiger partial charge in [0.1, 0.15) is 6.10 Å². The molecule has 2 rings (SSSR count). The van der Waals surface area contributed by atoms with Crippen LogP contribution >= 0.6 is 0 Å². The zero-order valence-electron chi connectivity index (χ0n) is 9.83. The van der Waals surface area contributed by atoms with E-state index in [0.717, 1.165) is 19.4 Å². The second kappa shape index (κ2) is 5.97. The Balaban J connectivity index is 1.54. The molecule has 6 heteroatoms. The Labute approximate surface area is 100 Å². The zero-order chi connectivity index (χ0) is 12.1. The first kappa shape index (κ1) is 12.3. The van der Waals surface area contributed by atoms with Gasteiger partial charge in [0.05, 0.1) is 6.61 Å². The largest absolute Gasteiger partial charge is 0.366 e. The van der Waals surface area contributed by atoms with E-state index in [4.69, 9.17) is 4.74 Å². The molecule has 1 heterocycles.